The molecule has 0 saturated heterocycles. The van der Waals surface area contributed by atoms with E-state index in [-0.39, 0.29) is 24.0 Å². The standard InChI is InChI=1S/C17H32N2O3/c1-5-15(6-2)19(11-12(3)4)17(22)18-14-9-7-13(8-10-14)16(20)21/h12-15H,5-11H2,1-4H3,(H,18,22)(H,20,21). The molecule has 0 spiro atoms. The molecular weight excluding hydrogens is 280 g/mol. The molecule has 0 radical (unpaired) electrons. The maximum Gasteiger partial charge on any atom is 0.317 e. The Kier molecular flexibility index (Phi) is 7.69. The Labute approximate surface area is 134 Å². The maximum absolute atomic E-state index is 12.6. The Morgan fingerprint density at radius 2 is 1.68 bits per heavy atom. The van der Waals surface area contributed by atoms with Crippen LogP contribution in [-0.4, -0.2) is 40.6 Å². The number of carbonyl (C=O) groups excluding carboxylic acids is 1. The van der Waals surface area contributed by atoms with Gasteiger partial charge in [0, 0.05) is 18.6 Å². The monoisotopic (exact) mass is 312 g/mol. The second-order valence-electron chi connectivity index (χ2n) is 6.85. The fourth-order valence-corrected chi connectivity index (χ4v) is 3.26. The van der Waals surface area contributed by atoms with E-state index >= 15 is 0 Å². The van der Waals surface area contributed by atoms with Crippen molar-refractivity contribution in [1.82, 2.24) is 10.2 Å². The molecule has 0 aromatic heterocycles. The summed E-state index contributed by atoms with van der Waals surface area (Å²) < 4.78 is 0. The van der Waals surface area contributed by atoms with Crippen molar-refractivity contribution in [1.29, 1.82) is 0 Å². The molecule has 2 N–H and O–H groups in total. The van der Waals surface area contributed by atoms with Gasteiger partial charge in [-0.05, 0) is 44.4 Å². The lowest BCUT2D eigenvalue weighted by atomic mass is 9.86. The van der Waals surface area contributed by atoms with E-state index in [0.717, 1.165) is 32.2 Å². The van der Waals surface area contributed by atoms with Gasteiger partial charge in [0.25, 0.3) is 0 Å². The molecule has 5 nitrogen and oxygen atoms in total. The van der Waals surface area contributed by atoms with E-state index in [4.69, 9.17) is 5.11 Å². The van der Waals surface area contributed by atoms with E-state index in [1.54, 1.807) is 0 Å². The van der Waals surface area contributed by atoms with Gasteiger partial charge in [0.05, 0.1) is 5.92 Å². The Bertz CT molecular complexity index is 359. The molecule has 0 bridgehead atoms. The Balaban J connectivity index is 2.58. The summed E-state index contributed by atoms with van der Waals surface area (Å²) in [5, 5.41) is 12.2. The molecule has 128 valence electrons. The van der Waals surface area contributed by atoms with E-state index in [0.29, 0.717) is 18.8 Å². The predicted molar refractivity (Wildman–Crippen MR) is 87.8 cm³/mol. The van der Waals surface area contributed by atoms with Crippen molar-refractivity contribution >= 4 is 12.0 Å². The van der Waals surface area contributed by atoms with Gasteiger partial charge in [-0.15, -0.1) is 0 Å². The molecule has 1 aliphatic rings. The van der Waals surface area contributed by atoms with Gasteiger partial charge < -0.3 is 15.3 Å². The van der Waals surface area contributed by atoms with E-state index < -0.39 is 5.97 Å². The van der Waals surface area contributed by atoms with Crippen LogP contribution >= 0.6 is 0 Å². The largest absolute Gasteiger partial charge is 0.481 e. The molecule has 0 aliphatic heterocycles. The normalized spacial score (nSPS) is 21.9. The van der Waals surface area contributed by atoms with Crippen molar-refractivity contribution in [2.75, 3.05) is 6.54 Å². The number of amides is 2. The van der Waals surface area contributed by atoms with Crippen molar-refractivity contribution in [3.63, 3.8) is 0 Å². The third kappa shape index (κ3) is 5.50. The highest BCUT2D eigenvalue weighted by Gasteiger charge is 2.29. The molecule has 0 atom stereocenters. The zero-order valence-corrected chi connectivity index (χ0v) is 14.5. The zero-order valence-electron chi connectivity index (χ0n) is 14.5. The SMILES string of the molecule is CCC(CC)N(CC(C)C)C(=O)NC1CCC(C(=O)O)CC1. The number of carboxylic acids is 1. The van der Waals surface area contributed by atoms with E-state index in [9.17, 15) is 9.59 Å². The van der Waals surface area contributed by atoms with Crippen LogP contribution in [0.3, 0.4) is 0 Å². The summed E-state index contributed by atoms with van der Waals surface area (Å²) in [5.74, 6) is -0.503. The van der Waals surface area contributed by atoms with Crippen molar-refractivity contribution in [3.8, 4) is 0 Å². The van der Waals surface area contributed by atoms with Gasteiger partial charge in [-0.25, -0.2) is 4.79 Å². The number of nitrogens with one attached hydrogen (secondary N) is 1. The van der Waals surface area contributed by atoms with Gasteiger partial charge in [0.15, 0.2) is 0 Å². The topological polar surface area (TPSA) is 69.6 Å². The highest BCUT2D eigenvalue weighted by atomic mass is 16.4. The second kappa shape index (κ2) is 9.01. The minimum atomic E-state index is -0.705. The number of urea groups is 1. The summed E-state index contributed by atoms with van der Waals surface area (Å²) in [6.07, 6.45) is 4.78. The lowest BCUT2D eigenvalue weighted by Crippen LogP contribution is -2.51. The maximum atomic E-state index is 12.6. The Morgan fingerprint density at radius 3 is 2.09 bits per heavy atom. The van der Waals surface area contributed by atoms with Crippen molar-refractivity contribution in [2.45, 2.75) is 78.3 Å². The van der Waals surface area contributed by atoms with Crippen LogP contribution in [0.2, 0.25) is 0 Å². The number of carboxylic acid groups (broad SMARTS) is 1. The van der Waals surface area contributed by atoms with Crippen molar-refractivity contribution < 1.29 is 14.7 Å². The first kappa shape index (κ1) is 18.8. The molecular formula is C17H32N2O3. The fraction of sp³-hybridized carbons (Fsp3) is 0.882. The summed E-state index contributed by atoms with van der Waals surface area (Å²) in [6, 6.07) is 0.408. The quantitative estimate of drug-likeness (QED) is 0.756. The smallest absolute Gasteiger partial charge is 0.317 e. The average molecular weight is 312 g/mol. The van der Waals surface area contributed by atoms with Gasteiger partial charge >= 0.3 is 12.0 Å². The van der Waals surface area contributed by atoms with E-state index in [2.05, 4.69) is 33.0 Å². The first-order valence-corrected chi connectivity index (χ1v) is 8.68. The number of nitrogens with zero attached hydrogens (tertiary/aromatic N) is 1. The first-order valence-electron chi connectivity index (χ1n) is 8.68. The van der Waals surface area contributed by atoms with Crippen molar-refractivity contribution in [3.05, 3.63) is 0 Å². The van der Waals surface area contributed by atoms with E-state index in [1.807, 2.05) is 4.90 Å². The first-order chi connectivity index (χ1) is 10.4. The summed E-state index contributed by atoms with van der Waals surface area (Å²) in [6.45, 7) is 9.25. The molecule has 0 aromatic carbocycles. The third-order valence-corrected chi connectivity index (χ3v) is 4.61. The number of hydrogen-bond donors (Lipinski definition) is 2. The Hall–Kier alpha value is -1.26. The zero-order chi connectivity index (χ0) is 16.7. The number of hydrogen-bond acceptors (Lipinski definition) is 2. The molecule has 0 aromatic rings. The number of carbonyl (C=O) groups is 2. The van der Waals surface area contributed by atoms with Crippen LogP contribution in [-0.2, 0) is 4.79 Å². The lowest BCUT2D eigenvalue weighted by Gasteiger charge is -2.35. The van der Waals surface area contributed by atoms with Crippen LogP contribution in [0, 0.1) is 11.8 Å². The molecule has 2 amide bonds. The van der Waals surface area contributed by atoms with Crippen LogP contribution in [0.25, 0.3) is 0 Å². The predicted octanol–water partition coefficient (Wildman–Crippen LogP) is 3.49. The minimum absolute atomic E-state index is 0.0150. The second-order valence-corrected chi connectivity index (χ2v) is 6.85. The fourth-order valence-electron chi connectivity index (χ4n) is 3.26. The van der Waals surface area contributed by atoms with Gasteiger partial charge in [-0.1, -0.05) is 27.7 Å². The summed E-state index contributed by atoms with van der Waals surface area (Å²) in [4.78, 5) is 25.6. The van der Waals surface area contributed by atoms with Gasteiger partial charge in [0.1, 0.15) is 0 Å². The number of rotatable bonds is 7. The molecule has 0 heterocycles. The van der Waals surface area contributed by atoms with E-state index in [1.165, 1.54) is 0 Å². The molecule has 5 heteroatoms. The summed E-state index contributed by atoms with van der Waals surface area (Å²) in [7, 11) is 0. The van der Waals surface area contributed by atoms with Gasteiger partial charge in [-0.3, -0.25) is 4.79 Å². The number of aliphatic carboxylic acids is 1. The average Bonchev–Trinajstić information content (AvgIpc) is 2.47. The summed E-state index contributed by atoms with van der Waals surface area (Å²) in [5.41, 5.74) is 0. The third-order valence-electron chi connectivity index (χ3n) is 4.61. The van der Waals surface area contributed by atoms with Crippen molar-refractivity contribution in [2.24, 2.45) is 11.8 Å². The molecule has 1 rings (SSSR count). The summed E-state index contributed by atoms with van der Waals surface area (Å²) >= 11 is 0. The van der Waals surface area contributed by atoms with Crippen LogP contribution in [0.4, 0.5) is 4.79 Å². The van der Waals surface area contributed by atoms with Crippen LogP contribution in [0.15, 0.2) is 0 Å². The highest BCUT2D eigenvalue weighted by Crippen LogP contribution is 2.25. The van der Waals surface area contributed by atoms with Gasteiger partial charge in [-0.2, -0.15) is 0 Å². The molecule has 22 heavy (non-hydrogen) atoms. The van der Waals surface area contributed by atoms with Crippen LogP contribution in [0.5, 0.6) is 0 Å². The van der Waals surface area contributed by atoms with Gasteiger partial charge in [0.2, 0.25) is 0 Å². The minimum Gasteiger partial charge on any atom is -0.481 e. The molecule has 0 unspecified atom stereocenters. The van der Waals surface area contributed by atoms with Crippen LogP contribution < -0.4 is 5.32 Å². The highest BCUT2D eigenvalue weighted by molar-refractivity contribution is 5.75. The Morgan fingerprint density at radius 1 is 1.14 bits per heavy atom. The molecule has 1 aliphatic carbocycles. The molecule has 1 saturated carbocycles. The molecule has 1 fully saturated rings. The van der Waals surface area contributed by atoms with Crippen LogP contribution in [0.1, 0.15) is 66.2 Å². The lowest BCUT2D eigenvalue weighted by molar-refractivity contribution is -0.142.